The van der Waals surface area contributed by atoms with Crippen molar-refractivity contribution < 1.29 is 0 Å². The van der Waals surface area contributed by atoms with Crippen LogP contribution in [-0.4, -0.2) is 21.7 Å². The molecule has 96 valence electrons. The van der Waals surface area contributed by atoms with Gasteiger partial charge in [0.2, 0.25) is 0 Å². The second-order valence-corrected chi connectivity index (χ2v) is 5.24. The van der Waals surface area contributed by atoms with Crippen LogP contribution in [0.2, 0.25) is 0 Å². The van der Waals surface area contributed by atoms with Gasteiger partial charge in [-0.2, -0.15) is 0 Å². The molecular weight excluding hydrogens is 214 g/mol. The van der Waals surface area contributed by atoms with Crippen LogP contribution in [-0.2, 0) is 6.54 Å². The molecule has 1 saturated carbocycles. The molecule has 0 radical (unpaired) electrons. The topological polar surface area (TPSA) is 39.0 Å². The van der Waals surface area contributed by atoms with Gasteiger partial charge < -0.3 is 5.32 Å². The molecule has 0 saturated heterocycles. The van der Waals surface area contributed by atoms with Gasteiger partial charge in [0, 0.05) is 31.0 Å². The second-order valence-electron chi connectivity index (χ2n) is 5.24. The summed E-state index contributed by atoms with van der Waals surface area (Å²) in [6, 6.07) is 0.697. The Labute approximate surface area is 103 Å². The van der Waals surface area contributed by atoms with Gasteiger partial charge in [0.25, 0.3) is 0 Å². The first kappa shape index (κ1) is 12.4. The van der Waals surface area contributed by atoms with Crippen LogP contribution in [0.25, 0.3) is 0 Å². The van der Waals surface area contributed by atoms with Crippen molar-refractivity contribution in [3.05, 3.63) is 22.9 Å². The van der Waals surface area contributed by atoms with E-state index < -0.39 is 0 Å². The van der Waals surface area contributed by atoms with E-state index in [0.29, 0.717) is 6.04 Å². The molecule has 1 aliphatic rings. The molecule has 0 spiro atoms. The Hall–Kier alpha value is -1.03. The van der Waals surface area contributed by atoms with Gasteiger partial charge >= 0.3 is 5.69 Å². The van der Waals surface area contributed by atoms with Gasteiger partial charge in [0.15, 0.2) is 0 Å². The van der Waals surface area contributed by atoms with Crippen LogP contribution >= 0.6 is 0 Å². The maximum atomic E-state index is 12.1. The number of hydrogen-bond acceptors (Lipinski definition) is 2. The normalized spacial score (nSPS) is 17.6. The Morgan fingerprint density at radius 3 is 2.59 bits per heavy atom. The fourth-order valence-corrected chi connectivity index (χ4v) is 2.31. The van der Waals surface area contributed by atoms with Gasteiger partial charge in [-0.05, 0) is 39.2 Å². The minimum Gasteiger partial charge on any atom is -0.312 e. The number of hydrogen-bond donors (Lipinski definition) is 1. The summed E-state index contributed by atoms with van der Waals surface area (Å²) in [5.41, 5.74) is 0.114. The SMILES string of the molecule is CCNC(Cn1ccn(C(C)C)c1=O)C1CC1. The van der Waals surface area contributed by atoms with Crippen molar-refractivity contribution in [1.29, 1.82) is 0 Å². The summed E-state index contributed by atoms with van der Waals surface area (Å²) >= 11 is 0. The molecular formula is C13H23N3O. The fourth-order valence-electron chi connectivity index (χ4n) is 2.31. The van der Waals surface area contributed by atoms with Gasteiger partial charge in [-0.3, -0.25) is 9.13 Å². The van der Waals surface area contributed by atoms with E-state index in [4.69, 9.17) is 0 Å². The molecule has 1 atom stereocenters. The van der Waals surface area contributed by atoms with Crippen LogP contribution in [0, 0.1) is 5.92 Å². The molecule has 1 heterocycles. The van der Waals surface area contributed by atoms with Crippen molar-refractivity contribution >= 4 is 0 Å². The lowest BCUT2D eigenvalue weighted by atomic mass is 10.2. The van der Waals surface area contributed by atoms with Gasteiger partial charge in [0.05, 0.1) is 0 Å². The van der Waals surface area contributed by atoms with E-state index >= 15 is 0 Å². The van der Waals surface area contributed by atoms with E-state index in [0.717, 1.165) is 19.0 Å². The third-order valence-corrected chi connectivity index (χ3v) is 3.48. The van der Waals surface area contributed by atoms with E-state index in [1.54, 1.807) is 4.57 Å². The summed E-state index contributed by atoms with van der Waals surface area (Å²) in [6.07, 6.45) is 6.41. The molecule has 1 aromatic rings. The first-order valence-corrected chi connectivity index (χ1v) is 6.64. The molecule has 1 N–H and O–H groups in total. The maximum Gasteiger partial charge on any atom is 0.328 e. The molecule has 1 aromatic heterocycles. The third-order valence-electron chi connectivity index (χ3n) is 3.48. The van der Waals surface area contributed by atoms with Gasteiger partial charge in [-0.25, -0.2) is 4.79 Å². The summed E-state index contributed by atoms with van der Waals surface area (Å²) in [5.74, 6) is 0.768. The number of aromatic nitrogens is 2. The average molecular weight is 237 g/mol. The van der Waals surface area contributed by atoms with Crippen molar-refractivity contribution in [3.63, 3.8) is 0 Å². The molecule has 0 bridgehead atoms. The molecule has 0 aromatic carbocycles. The predicted octanol–water partition coefficient (Wildman–Crippen LogP) is 1.62. The van der Waals surface area contributed by atoms with Crippen LogP contribution in [0.3, 0.4) is 0 Å². The first-order valence-electron chi connectivity index (χ1n) is 6.64. The summed E-state index contributed by atoms with van der Waals surface area (Å²) in [7, 11) is 0. The lowest BCUT2D eigenvalue weighted by Gasteiger charge is -2.17. The Balaban J connectivity index is 2.09. The van der Waals surface area contributed by atoms with E-state index in [-0.39, 0.29) is 11.7 Å². The van der Waals surface area contributed by atoms with Crippen molar-refractivity contribution in [3.8, 4) is 0 Å². The number of nitrogens with zero attached hydrogens (tertiary/aromatic N) is 2. The van der Waals surface area contributed by atoms with Crippen LogP contribution in [0.1, 0.15) is 39.7 Å². The zero-order valence-corrected chi connectivity index (χ0v) is 11.0. The quantitative estimate of drug-likeness (QED) is 0.816. The van der Waals surface area contributed by atoms with Crippen molar-refractivity contribution in [2.24, 2.45) is 5.92 Å². The molecule has 0 aliphatic heterocycles. The average Bonchev–Trinajstić information content (AvgIpc) is 3.04. The van der Waals surface area contributed by atoms with Crippen LogP contribution in [0.4, 0.5) is 0 Å². The lowest BCUT2D eigenvalue weighted by Crippen LogP contribution is -2.38. The van der Waals surface area contributed by atoms with Crippen molar-refractivity contribution in [2.75, 3.05) is 6.54 Å². The highest BCUT2D eigenvalue weighted by Crippen LogP contribution is 2.33. The van der Waals surface area contributed by atoms with E-state index in [9.17, 15) is 4.79 Å². The fraction of sp³-hybridized carbons (Fsp3) is 0.769. The highest BCUT2D eigenvalue weighted by molar-refractivity contribution is 4.90. The largest absolute Gasteiger partial charge is 0.328 e. The molecule has 0 amide bonds. The molecule has 2 rings (SSSR count). The minimum atomic E-state index is 0.114. The monoisotopic (exact) mass is 237 g/mol. The summed E-state index contributed by atoms with van der Waals surface area (Å²) in [6.45, 7) is 7.97. The smallest absolute Gasteiger partial charge is 0.312 e. The standard InChI is InChI=1S/C13H23N3O/c1-4-14-12(11-5-6-11)9-15-7-8-16(10(2)3)13(15)17/h7-8,10-12,14H,4-6,9H2,1-3H3. The zero-order chi connectivity index (χ0) is 12.4. The molecule has 1 aliphatic carbocycles. The predicted molar refractivity (Wildman–Crippen MR) is 69.3 cm³/mol. The summed E-state index contributed by atoms with van der Waals surface area (Å²) in [5, 5.41) is 3.49. The Kier molecular flexibility index (Phi) is 3.72. The van der Waals surface area contributed by atoms with E-state index in [2.05, 4.69) is 12.2 Å². The Morgan fingerprint density at radius 1 is 1.41 bits per heavy atom. The minimum absolute atomic E-state index is 0.114. The molecule has 17 heavy (non-hydrogen) atoms. The van der Waals surface area contributed by atoms with Gasteiger partial charge in [0.1, 0.15) is 0 Å². The van der Waals surface area contributed by atoms with Gasteiger partial charge in [-0.1, -0.05) is 6.92 Å². The van der Waals surface area contributed by atoms with E-state index in [1.807, 2.05) is 30.8 Å². The number of likely N-dealkylation sites (N-methyl/N-ethyl adjacent to an activating group) is 1. The van der Waals surface area contributed by atoms with Crippen molar-refractivity contribution in [1.82, 2.24) is 14.5 Å². The first-order chi connectivity index (χ1) is 8.13. The van der Waals surface area contributed by atoms with E-state index in [1.165, 1.54) is 12.8 Å². The molecule has 4 nitrogen and oxygen atoms in total. The maximum absolute atomic E-state index is 12.1. The number of nitrogens with one attached hydrogen (secondary N) is 1. The third kappa shape index (κ3) is 2.80. The molecule has 4 heteroatoms. The van der Waals surface area contributed by atoms with Crippen LogP contribution in [0.5, 0.6) is 0 Å². The second kappa shape index (κ2) is 5.08. The highest BCUT2D eigenvalue weighted by Gasteiger charge is 2.31. The molecule has 1 fully saturated rings. The lowest BCUT2D eigenvalue weighted by molar-refractivity contribution is 0.405. The number of imidazole rings is 1. The summed E-state index contributed by atoms with van der Waals surface area (Å²) in [4.78, 5) is 12.1. The van der Waals surface area contributed by atoms with Crippen molar-refractivity contribution in [2.45, 2.75) is 52.2 Å². The van der Waals surface area contributed by atoms with Crippen LogP contribution < -0.4 is 11.0 Å². The summed E-state index contributed by atoms with van der Waals surface area (Å²) < 4.78 is 3.63. The zero-order valence-electron chi connectivity index (χ0n) is 11.0. The molecule has 1 unspecified atom stereocenters. The van der Waals surface area contributed by atoms with Crippen LogP contribution in [0.15, 0.2) is 17.2 Å². The highest BCUT2D eigenvalue weighted by atomic mass is 16.1. The Morgan fingerprint density at radius 2 is 2.12 bits per heavy atom. The number of rotatable bonds is 6. The Bertz CT molecular complexity index is 415. The van der Waals surface area contributed by atoms with Gasteiger partial charge in [-0.15, -0.1) is 0 Å².